The molecule has 0 aromatic heterocycles. The van der Waals surface area contributed by atoms with Gasteiger partial charge in [-0.05, 0) is 23.8 Å². The molecule has 1 N–H and O–H groups in total. The van der Waals surface area contributed by atoms with Crippen molar-refractivity contribution in [2.24, 2.45) is 0 Å². The molecule has 2 nitrogen and oxygen atoms in total. The van der Waals surface area contributed by atoms with Gasteiger partial charge in [-0.3, -0.25) is 4.84 Å². The number of benzene rings is 2. The van der Waals surface area contributed by atoms with Gasteiger partial charge < -0.3 is 0 Å². The minimum Gasteiger partial charge on any atom is -0.297 e. The maximum atomic E-state index is 13.3. The Morgan fingerprint density at radius 3 is 2.56 bits per heavy atom. The Labute approximate surface area is 104 Å². The Balaban J connectivity index is 1.80. The minimum atomic E-state index is -0.462. The molecule has 0 saturated carbocycles. The zero-order valence-corrected chi connectivity index (χ0v) is 9.70. The summed E-state index contributed by atoms with van der Waals surface area (Å²) in [5.41, 5.74) is 3.85. The first-order chi connectivity index (χ1) is 8.75. The summed E-state index contributed by atoms with van der Waals surface area (Å²) in [5, 5.41) is 0. The summed E-state index contributed by atoms with van der Waals surface area (Å²) in [5.74, 6) is -0.913. The summed E-state index contributed by atoms with van der Waals surface area (Å²) in [6, 6.07) is 12.9. The van der Waals surface area contributed by atoms with E-state index >= 15 is 0 Å². The van der Waals surface area contributed by atoms with Crippen molar-refractivity contribution < 1.29 is 13.6 Å². The van der Waals surface area contributed by atoms with Gasteiger partial charge in [0.1, 0.15) is 11.6 Å². The highest BCUT2D eigenvalue weighted by molar-refractivity contribution is 5.18. The highest BCUT2D eigenvalue weighted by Crippen LogP contribution is 2.09. The van der Waals surface area contributed by atoms with Gasteiger partial charge >= 0.3 is 0 Å². The molecule has 0 aliphatic rings. The van der Waals surface area contributed by atoms with Gasteiger partial charge in [0, 0.05) is 12.1 Å². The normalized spacial score (nSPS) is 10.6. The van der Waals surface area contributed by atoms with Crippen LogP contribution in [0, 0.1) is 11.6 Å². The van der Waals surface area contributed by atoms with E-state index in [2.05, 4.69) is 5.48 Å². The van der Waals surface area contributed by atoms with E-state index in [1.54, 1.807) is 0 Å². The Hall–Kier alpha value is -1.78. The monoisotopic (exact) mass is 249 g/mol. The lowest BCUT2D eigenvalue weighted by atomic mass is 10.2. The summed E-state index contributed by atoms with van der Waals surface area (Å²) in [7, 11) is 0. The fourth-order valence-corrected chi connectivity index (χ4v) is 1.52. The van der Waals surface area contributed by atoms with Crippen molar-refractivity contribution in [2.75, 3.05) is 0 Å². The van der Waals surface area contributed by atoms with Crippen LogP contribution >= 0.6 is 0 Å². The Bertz CT molecular complexity index is 502. The average Bonchev–Trinajstić information content (AvgIpc) is 2.40. The molecule has 0 spiro atoms. The van der Waals surface area contributed by atoms with E-state index in [1.807, 2.05) is 30.3 Å². The van der Waals surface area contributed by atoms with Crippen molar-refractivity contribution in [3.05, 3.63) is 71.3 Å². The summed E-state index contributed by atoms with van der Waals surface area (Å²) >= 11 is 0. The molecule has 0 radical (unpaired) electrons. The third kappa shape index (κ3) is 3.61. The zero-order chi connectivity index (χ0) is 12.8. The van der Waals surface area contributed by atoms with Crippen molar-refractivity contribution >= 4 is 0 Å². The van der Waals surface area contributed by atoms with E-state index < -0.39 is 11.6 Å². The van der Waals surface area contributed by atoms with E-state index in [9.17, 15) is 8.78 Å². The van der Waals surface area contributed by atoms with Gasteiger partial charge in [-0.25, -0.2) is 8.78 Å². The molecule has 0 bridgehead atoms. The molecule has 0 aliphatic heterocycles. The van der Waals surface area contributed by atoms with E-state index in [-0.39, 0.29) is 12.1 Å². The number of hydroxylamine groups is 1. The van der Waals surface area contributed by atoms with Gasteiger partial charge in [0.25, 0.3) is 0 Å². The molecular weight excluding hydrogens is 236 g/mol. The van der Waals surface area contributed by atoms with Gasteiger partial charge in [0.05, 0.1) is 6.61 Å². The molecule has 2 rings (SSSR count). The Morgan fingerprint density at radius 1 is 1.00 bits per heavy atom. The maximum absolute atomic E-state index is 13.3. The average molecular weight is 249 g/mol. The van der Waals surface area contributed by atoms with Crippen molar-refractivity contribution in [3.8, 4) is 0 Å². The van der Waals surface area contributed by atoms with Crippen molar-refractivity contribution in [1.82, 2.24) is 5.48 Å². The van der Waals surface area contributed by atoms with Crippen LogP contribution in [0.25, 0.3) is 0 Å². The van der Waals surface area contributed by atoms with E-state index in [0.717, 1.165) is 23.8 Å². The number of nitrogens with one attached hydrogen (secondary N) is 1. The number of halogens is 2. The highest BCUT2D eigenvalue weighted by Gasteiger charge is 2.03. The highest BCUT2D eigenvalue weighted by atomic mass is 19.1. The topological polar surface area (TPSA) is 21.3 Å². The number of hydrogen-bond donors (Lipinski definition) is 1. The lowest BCUT2D eigenvalue weighted by Crippen LogP contribution is -2.15. The van der Waals surface area contributed by atoms with Gasteiger partial charge in [-0.2, -0.15) is 5.48 Å². The fourth-order valence-electron chi connectivity index (χ4n) is 1.52. The minimum absolute atomic E-state index is 0.121. The predicted molar refractivity (Wildman–Crippen MR) is 64.4 cm³/mol. The van der Waals surface area contributed by atoms with E-state index in [1.165, 1.54) is 0 Å². The van der Waals surface area contributed by atoms with E-state index in [0.29, 0.717) is 6.61 Å². The molecular formula is C14H13F2NO. The molecule has 4 heteroatoms. The lowest BCUT2D eigenvalue weighted by Gasteiger charge is -2.07. The molecule has 0 aliphatic carbocycles. The molecule has 0 heterocycles. The predicted octanol–water partition coefficient (Wildman–Crippen LogP) is 3.19. The quantitative estimate of drug-likeness (QED) is 0.649. The van der Waals surface area contributed by atoms with Crippen LogP contribution in [0.2, 0.25) is 0 Å². The maximum Gasteiger partial charge on any atom is 0.127 e. The molecule has 18 heavy (non-hydrogen) atoms. The van der Waals surface area contributed by atoms with Crippen LogP contribution in [-0.4, -0.2) is 0 Å². The van der Waals surface area contributed by atoms with Crippen LogP contribution in [0.1, 0.15) is 11.1 Å². The molecule has 0 unspecified atom stereocenters. The van der Waals surface area contributed by atoms with Crippen molar-refractivity contribution in [3.63, 3.8) is 0 Å². The Morgan fingerprint density at radius 2 is 1.78 bits per heavy atom. The lowest BCUT2D eigenvalue weighted by molar-refractivity contribution is 0.0229. The van der Waals surface area contributed by atoms with Gasteiger partial charge in [0.2, 0.25) is 0 Å². The smallest absolute Gasteiger partial charge is 0.127 e. The molecule has 2 aromatic carbocycles. The van der Waals surface area contributed by atoms with E-state index in [4.69, 9.17) is 4.84 Å². The number of rotatable bonds is 5. The van der Waals surface area contributed by atoms with Crippen LogP contribution < -0.4 is 5.48 Å². The van der Waals surface area contributed by atoms with Crippen LogP contribution in [0.15, 0.2) is 48.5 Å². The third-order valence-electron chi connectivity index (χ3n) is 2.45. The zero-order valence-electron chi connectivity index (χ0n) is 9.70. The molecule has 0 saturated heterocycles. The third-order valence-corrected chi connectivity index (χ3v) is 2.45. The van der Waals surface area contributed by atoms with Crippen LogP contribution in [0.4, 0.5) is 8.78 Å². The second-order valence-corrected chi connectivity index (χ2v) is 3.83. The van der Waals surface area contributed by atoms with Crippen LogP contribution in [0.3, 0.4) is 0 Å². The molecule has 2 aromatic rings. The van der Waals surface area contributed by atoms with Gasteiger partial charge in [-0.15, -0.1) is 0 Å². The largest absolute Gasteiger partial charge is 0.297 e. The van der Waals surface area contributed by atoms with Gasteiger partial charge in [-0.1, -0.05) is 30.3 Å². The first-order valence-corrected chi connectivity index (χ1v) is 5.58. The SMILES string of the molecule is Fc1ccc(F)c(CNOCc2ccccc2)c1. The summed E-state index contributed by atoms with van der Waals surface area (Å²) < 4.78 is 26.1. The first-order valence-electron chi connectivity index (χ1n) is 5.58. The van der Waals surface area contributed by atoms with Crippen LogP contribution in [-0.2, 0) is 18.0 Å². The van der Waals surface area contributed by atoms with Crippen molar-refractivity contribution in [1.29, 1.82) is 0 Å². The van der Waals surface area contributed by atoms with Gasteiger partial charge in [0.15, 0.2) is 0 Å². The second kappa shape index (κ2) is 6.23. The Kier molecular flexibility index (Phi) is 4.39. The van der Waals surface area contributed by atoms with Crippen molar-refractivity contribution in [2.45, 2.75) is 13.2 Å². The number of hydrogen-bond acceptors (Lipinski definition) is 2. The molecule has 0 fully saturated rings. The molecule has 0 atom stereocenters. The first kappa shape index (κ1) is 12.7. The summed E-state index contributed by atoms with van der Waals surface area (Å²) in [6.07, 6.45) is 0. The summed E-state index contributed by atoms with van der Waals surface area (Å²) in [6.45, 7) is 0.494. The standard InChI is InChI=1S/C14H13F2NO/c15-13-6-7-14(16)12(8-13)9-17-18-10-11-4-2-1-3-5-11/h1-8,17H,9-10H2. The van der Waals surface area contributed by atoms with Crippen LogP contribution in [0.5, 0.6) is 0 Å². The molecule has 0 amide bonds. The summed E-state index contributed by atoms with van der Waals surface area (Å²) in [4.78, 5) is 5.18. The fraction of sp³-hybridized carbons (Fsp3) is 0.143. The second-order valence-electron chi connectivity index (χ2n) is 3.83. The molecule has 94 valence electrons.